The van der Waals surface area contributed by atoms with E-state index in [0.717, 1.165) is 25.7 Å². The van der Waals surface area contributed by atoms with Crippen LogP contribution in [0.1, 0.15) is 38.5 Å². The Morgan fingerprint density at radius 1 is 1.29 bits per heavy atom. The highest BCUT2D eigenvalue weighted by molar-refractivity contribution is 5.81. The summed E-state index contributed by atoms with van der Waals surface area (Å²) in [6, 6.07) is 0. The van der Waals surface area contributed by atoms with Crippen LogP contribution in [-0.2, 0) is 14.3 Å². The Labute approximate surface area is 85.8 Å². The Morgan fingerprint density at radius 3 is 2.64 bits per heavy atom. The molecule has 0 saturated heterocycles. The molecule has 1 saturated carbocycles. The standard InChI is InChI=1S/C11H20O3/c1-13-11(14-2)8-9-6-4-3-5-7-10(9)12/h9,11H,3-8H2,1-2H3. The predicted octanol–water partition coefficient (Wildman–Crippen LogP) is 2.14. The molecular weight excluding hydrogens is 180 g/mol. The van der Waals surface area contributed by atoms with Gasteiger partial charge in [-0.3, -0.25) is 4.79 Å². The first-order chi connectivity index (χ1) is 6.77. The van der Waals surface area contributed by atoms with E-state index in [9.17, 15) is 4.79 Å². The predicted molar refractivity (Wildman–Crippen MR) is 54.0 cm³/mol. The quantitative estimate of drug-likeness (QED) is 0.515. The van der Waals surface area contributed by atoms with Crippen molar-refractivity contribution >= 4 is 5.78 Å². The van der Waals surface area contributed by atoms with Crippen molar-refractivity contribution in [3.05, 3.63) is 0 Å². The molecule has 0 N–H and O–H groups in total. The molecule has 1 aliphatic carbocycles. The van der Waals surface area contributed by atoms with Crippen molar-refractivity contribution in [3.8, 4) is 0 Å². The molecule has 0 heterocycles. The van der Waals surface area contributed by atoms with Gasteiger partial charge in [-0.25, -0.2) is 0 Å². The van der Waals surface area contributed by atoms with Gasteiger partial charge in [0.05, 0.1) is 0 Å². The molecule has 1 unspecified atom stereocenters. The molecule has 0 bridgehead atoms. The van der Waals surface area contributed by atoms with Gasteiger partial charge in [-0.2, -0.15) is 0 Å². The van der Waals surface area contributed by atoms with Crippen LogP contribution in [0.15, 0.2) is 0 Å². The van der Waals surface area contributed by atoms with Crippen molar-refractivity contribution in [3.63, 3.8) is 0 Å². The van der Waals surface area contributed by atoms with Gasteiger partial charge in [0.1, 0.15) is 5.78 Å². The molecule has 14 heavy (non-hydrogen) atoms. The zero-order valence-electron chi connectivity index (χ0n) is 9.12. The van der Waals surface area contributed by atoms with E-state index in [4.69, 9.17) is 9.47 Å². The van der Waals surface area contributed by atoms with Gasteiger partial charge in [0.2, 0.25) is 0 Å². The summed E-state index contributed by atoms with van der Waals surface area (Å²) in [6.45, 7) is 0. The van der Waals surface area contributed by atoms with Crippen LogP contribution in [0.5, 0.6) is 0 Å². The van der Waals surface area contributed by atoms with E-state index in [1.54, 1.807) is 14.2 Å². The molecule has 0 spiro atoms. The summed E-state index contributed by atoms with van der Waals surface area (Å²) in [5.74, 6) is 0.545. The zero-order chi connectivity index (χ0) is 10.4. The van der Waals surface area contributed by atoms with Crippen LogP contribution in [0.25, 0.3) is 0 Å². The van der Waals surface area contributed by atoms with Gasteiger partial charge < -0.3 is 9.47 Å². The van der Waals surface area contributed by atoms with E-state index in [1.165, 1.54) is 6.42 Å². The summed E-state index contributed by atoms with van der Waals surface area (Å²) < 4.78 is 10.2. The average Bonchev–Trinajstić information content (AvgIpc) is 2.40. The summed E-state index contributed by atoms with van der Waals surface area (Å²) in [4.78, 5) is 11.7. The molecule has 0 aliphatic heterocycles. The van der Waals surface area contributed by atoms with Crippen LogP contribution in [0, 0.1) is 5.92 Å². The molecule has 3 nitrogen and oxygen atoms in total. The zero-order valence-corrected chi connectivity index (χ0v) is 9.12. The maximum atomic E-state index is 11.7. The van der Waals surface area contributed by atoms with Crippen molar-refractivity contribution in [1.82, 2.24) is 0 Å². The van der Waals surface area contributed by atoms with Crippen LogP contribution >= 0.6 is 0 Å². The van der Waals surface area contributed by atoms with E-state index in [-0.39, 0.29) is 12.2 Å². The monoisotopic (exact) mass is 200 g/mol. The lowest BCUT2D eigenvalue weighted by molar-refractivity contribution is -0.134. The maximum Gasteiger partial charge on any atom is 0.157 e. The first-order valence-corrected chi connectivity index (χ1v) is 5.36. The highest BCUT2D eigenvalue weighted by Crippen LogP contribution is 2.24. The van der Waals surface area contributed by atoms with E-state index in [1.807, 2.05) is 0 Å². The average molecular weight is 200 g/mol. The topological polar surface area (TPSA) is 35.5 Å². The molecule has 82 valence electrons. The van der Waals surface area contributed by atoms with Crippen molar-refractivity contribution < 1.29 is 14.3 Å². The Balaban J connectivity index is 2.43. The number of Topliss-reactive ketones (excluding diaryl/α,β-unsaturated/α-hetero) is 1. The normalized spacial score (nSPS) is 23.9. The van der Waals surface area contributed by atoms with Crippen LogP contribution in [0.4, 0.5) is 0 Å². The summed E-state index contributed by atoms with van der Waals surface area (Å²) in [6.07, 6.45) is 5.64. The first kappa shape index (κ1) is 11.7. The fraction of sp³-hybridized carbons (Fsp3) is 0.909. The molecule has 0 aromatic carbocycles. The number of carbonyl (C=O) groups excluding carboxylic acids is 1. The number of hydrogen-bond donors (Lipinski definition) is 0. The van der Waals surface area contributed by atoms with E-state index in [2.05, 4.69) is 0 Å². The van der Waals surface area contributed by atoms with Crippen molar-refractivity contribution in [1.29, 1.82) is 0 Å². The van der Waals surface area contributed by atoms with Crippen molar-refractivity contribution in [2.24, 2.45) is 5.92 Å². The SMILES string of the molecule is COC(CC1CCCCCC1=O)OC. The minimum absolute atomic E-state index is 0.155. The smallest absolute Gasteiger partial charge is 0.157 e. The minimum atomic E-state index is -0.220. The summed E-state index contributed by atoms with van der Waals surface area (Å²) >= 11 is 0. The van der Waals surface area contributed by atoms with Crippen molar-refractivity contribution in [2.45, 2.75) is 44.8 Å². The van der Waals surface area contributed by atoms with Gasteiger partial charge in [-0.1, -0.05) is 12.8 Å². The Morgan fingerprint density at radius 2 is 2.00 bits per heavy atom. The Kier molecular flexibility index (Phi) is 5.12. The van der Waals surface area contributed by atoms with Crippen LogP contribution in [-0.4, -0.2) is 26.3 Å². The highest BCUT2D eigenvalue weighted by Gasteiger charge is 2.23. The molecule has 1 rings (SSSR count). The second-order valence-electron chi connectivity index (χ2n) is 3.90. The molecule has 0 aromatic rings. The molecule has 0 radical (unpaired) electrons. The number of methoxy groups -OCH3 is 2. The molecule has 1 fully saturated rings. The van der Waals surface area contributed by atoms with Gasteiger partial charge in [0.25, 0.3) is 0 Å². The molecule has 1 atom stereocenters. The Bertz CT molecular complexity index is 175. The van der Waals surface area contributed by atoms with E-state index in [0.29, 0.717) is 12.2 Å². The third kappa shape index (κ3) is 3.39. The number of rotatable bonds is 4. The molecule has 1 aliphatic rings. The second kappa shape index (κ2) is 6.14. The first-order valence-electron chi connectivity index (χ1n) is 5.36. The number of ketones is 1. The Hall–Kier alpha value is -0.410. The molecule has 3 heteroatoms. The third-order valence-corrected chi connectivity index (χ3v) is 2.93. The lowest BCUT2D eigenvalue weighted by atomic mass is 9.95. The summed E-state index contributed by atoms with van der Waals surface area (Å²) in [7, 11) is 3.24. The molecule has 0 amide bonds. The van der Waals surface area contributed by atoms with Gasteiger partial charge >= 0.3 is 0 Å². The summed E-state index contributed by atoms with van der Waals surface area (Å²) in [5.41, 5.74) is 0. The lowest BCUT2D eigenvalue weighted by Crippen LogP contribution is -2.22. The van der Waals surface area contributed by atoms with Gasteiger partial charge in [-0.15, -0.1) is 0 Å². The summed E-state index contributed by atoms with van der Waals surface area (Å²) in [5, 5.41) is 0. The number of ether oxygens (including phenoxy) is 2. The van der Waals surface area contributed by atoms with Gasteiger partial charge in [0.15, 0.2) is 6.29 Å². The van der Waals surface area contributed by atoms with Crippen LogP contribution in [0.3, 0.4) is 0 Å². The van der Waals surface area contributed by atoms with Crippen molar-refractivity contribution in [2.75, 3.05) is 14.2 Å². The van der Waals surface area contributed by atoms with Gasteiger partial charge in [-0.05, 0) is 12.8 Å². The van der Waals surface area contributed by atoms with Crippen LogP contribution in [0.2, 0.25) is 0 Å². The van der Waals surface area contributed by atoms with E-state index < -0.39 is 0 Å². The number of hydrogen-bond acceptors (Lipinski definition) is 3. The fourth-order valence-corrected chi connectivity index (χ4v) is 2.00. The van der Waals surface area contributed by atoms with E-state index >= 15 is 0 Å². The van der Waals surface area contributed by atoms with Crippen LogP contribution < -0.4 is 0 Å². The fourth-order valence-electron chi connectivity index (χ4n) is 2.00. The van der Waals surface area contributed by atoms with Gasteiger partial charge in [0, 0.05) is 33.0 Å². The molecule has 0 aromatic heterocycles. The second-order valence-corrected chi connectivity index (χ2v) is 3.90. The maximum absolute atomic E-state index is 11.7. The molecular formula is C11H20O3. The lowest BCUT2D eigenvalue weighted by Gasteiger charge is -2.19. The highest BCUT2D eigenvalue weighted by atomic mass is 16.7. The third-order valence-electron chi connectivity index (χ3n) is 2.93. The number of carbonyl (C=O) groups is 1. The minimum Gasteiger partial charge on any atom is -0.356 e. The largest absolute Gasteiger partial charge is 0.356 e.